The molecule has 0 radical (unpaired) electrons. The first kappa shape index (κ1) is 14.6. The first-order chi connectivity index (χ1) is 10.1. The van der Waals surface area contributed by atoms with E-state index in [1.165, 1.54) is 32.1 Å². The Balaban J connectivity index is 1.69. The quantitative estimate of drug-likeness (QED) is 0.863. The Kier molecular flexibility index (Phi) is 4.07. The van der Waals surface area contributed by atoms with Crippen molar-refractivity contribution in [3.63, 3.8) is 0 Å². The van der Waals surface area contributed by atoms with Gasteiger partial charge in [0.15, 0.2) is 0 Å². The van der Waals surface area contributed by atoms with Crippen molar-refractivity contribution in [1.29, 1.82) is 0 Å². The number of anilines is 1. The Morgan fingerprint density at radius 1 is 1.14 bits per heavy atom. The van der Waals surface area contributed by atoms with Gasteiger partial charge in [0.1, 0.15) is 11.5 Å². The molecular formula is C16H22ClN3O. The molecule has 1 amide bonds. The van der Waals surface area contributed by atoms with Crippen molar-refractivity contribution < 1.29 is 4.79 Å². The monoisotopic (exact) mass is 307 g/mol. The average Bonchev–Trinajstić information content (AvgIpc) is 2.51. The predicted octanol–water partition coefficient (Wildman–Crippen LogP) is 3.50. The maximum absolute atomic E-state index is 12.6. The average molecular weight is 308 g/mol. The highest BCUT2D eigenvalue weighted by atomic mass is 35.5. The molecule has 5 heteroatoms. The Morgan fingerprint density at radius 3 is 2.48 bits per heavy atom. The zero-order valence-electron chi connectivity index (χ0n) is 12.3. The standard InChI is InChI=1S/C16H22ClN3O/c17-12-4-5-13(18)19-14(12)15(21)20-10-8-16(9-11-20)6-2-1-3-7-16/h4-5H,1-3,6-11H2,(H2,18,19). The van der Waals surface area contributed by atoms with Gasteiger partial charge in [0.2, 0.25) is 0 Å². The molecule has 1 saturated heterocycles. The van der Waals surface area contributed by atoms with Gasteiger partial charge in [-0.05, 0) is 43.2 Å². The van der Waals surface area contributed by atoms with Gasteiger partial charge in [0, 0.05) is 13.1 Å². The van der Waals surface area contributed by atoms with Crippen LogP contribution in [0.3, 0.4) is 0 Å². The van der Waals surface area contributed by atoms with E-state index in [0.717, 1.165) is 25.9 Å². The van der Waals surface area contributed by atoms with E-state index in [9.17, 15) is 4.79 Å². The summed E-state index contributed by atoms with van der Waals surface area (Å²) in [5.41, 5.74) is 6.44. The van der Waals surface area contributed by atoms with Gasteiger partial charge in [-0.15, -0.1) is 0 Å². The minimum absolute atomic E-state index is 0.0852. The minimum atomic E-state index is -0.0852. The van der Waals surface area contributed by atoms with Crippen LogP contribution >= 0.6 is 11.6 Å². The van der Waals surface area contributed by atoms with Crippen LogP contribution in [-0.4, -0.2) is 28.9 Å². The van der Waals surface area contributed by atoms with E-state index in [-0.39, 0.29) is 11.6 Å². The normalized spacial score (nSPS) is 21.5. The zero-order chi connectivity index (χ0) is 14.9. The Morgan fingerprint density at radius 2 is 1.81 bits per heavy atom. The van der Waals surface area contributed by atoms with Gasteiger partial charge in [0.05, 0.1) is 5.02 Å². The molecule has 1 aliphatic carbocycles. The molecule has 114 valence electrons. The van der Waals surface area contributed by atoms with Crippen molar-refractivity contribution in [3.8, 4) is 0 Å². The third-order valence-electron chi connectivity index (χ3n) is 5.10. The van der Waals surface area contributed by atoms with Crippen LogP contribution < -0.4 is 5.73 Å². The number of carbonyl (C=O) groups excluding carboxylic acids is 1. The second-order valence-electron chi connectivity index (χ2n) is 6.42. The molecular weight excluding hydrogens is 286 g/mol. The van der Waals surface area contributed by atoms with Gasteiger partial charge in [-0.2, -0.15) is 0 Å². The van der Waals surface area contributed by atoms with Gasteiger partial charge in [-0.1, -0.05) is 30.9 Å². The van der Waals surface area contributed by atoms with Crippen LogP contribution in [0.25, 0.3) is 0 Å². The summed E-state index contributed by atoms with van der Waals surface area (Å²) >= 11 is 6.09. The summed E-state index contributed by atoms with van der Waals surface area (Å²) < 4.78 is 0. The molecule has 1 aromatic heterocycles. The number of carbonyl (C=O) groups is 1. The Bertz CT molecular complexity index is 530. The number of nitrogens with zero attached hydrogens (tertiary/aromatic N) is 2. The summed E-state index contributed by atoms with van der Waals surface area (Å²) in [4.78, 5) is 18.6. The fourth-order valence-corrected chi connectivity index (χ4v) is 3.93. The molecule has 0 unspecified atom stereocenters. The minimum Gasteiger partial charge on any atom is -0.384 e. The number of piperidine rings is 1. The number of hydrogen-bond donors (Lipinski definition) is 1. The molecule has 0 aromatic carbocycles. The molecule has 3 rings (SSSR count). The third-order valence-corrected chi connectivity index (χ3v) is 5.40. The fourth-order valence-electron chi connectivity index (χ4n) is 3.74. The highest BCUT2D eigenvalue weighted by Crippen LogP contribution is 2.44. The van der Waals surface area contributed by atoms with Crippen molar-refractivity contribution in [2.75, 3.05) is 18.8 Å². The van der Waals surface area contributed by atoms with Crippen molar-refractivity contribution in [3.05, 3.63) is 22.8 Å². The fraction of sp³-hybridized carbons (Fsp3) is 0.625. The van der Waals surface area contributed by atoms with E-state index in [2.05, 4.69) is 4.98 Å². The maximum atomic E-state index is 12.6. The molecule has 1 aliphatic heterocycles. The van der Waals surface area contributed by atoms with Gasteiger partial charge >= 0.3 is 0 Å². The van der Waals surface area contributed by atoms with E-state index in [1.54, 1.807) is 12.1 Å². The molecule has 4 nitrogen and oxygen atoms in total. The number of likely N-dealkylation sites (tertiary alicyclic amines) is 1. The number of aromatic nitrogens is 1. The predicted molar refractivity (Wildman–Crippen MR) is 84.3 cm³/mol. The van der Waals surface area contributed by atoms with Crippen LogP contribution in [0.15, 0.2) is 12.1 Å². The van der Waals surface area contributed by atoms with Crippen LogP contribution in [0.5, 0.6) is 0 Å². The molecule has 21 heavy (non-hydrogen) atoms. The molecule has 2 N–H and O–H groups in total. The zero-order valence-corrected chi connectivity index (χ0v) is 13.0. The number of pyridine rings is 1. The van der Waals surface area contributed by atoms with E-state index in [0.29, 0.717) is 16.3 Å². The largest absolute Gasteiger partial charge is 0.384 e. The van der Waals surface area contributed by atoms with Crippen LogP contribution in [0, 0.1) is 5.41 Å². The number of halogens is 1. The van der Waals surface area contributed by atoms with Crippen molar-refractivity contribution in [1.82, 2.24) is 9.88 Å². The summed E-state index contributed by atoms with van der Waals surface area (Å²) in [6.45, 7) is 1.62. The summed E-state index contributed by atoms with van der Waals surface area (Å²) in [6, 6.07) is 3.26. The molecule has 0 atom stereocenters. The highest BCUT2D eigenvalue weighted by Gasteiger charge is 2.37. The summed E-state index contributed by atoms with van der Waals surface area (Å²) in [6.07, 6.45) is 8.93. The second-order valence-corrected chi connectivity index (χ2v) is 6.83. The van der Waals surface area contributed by atoms with Crippen molar-refractivity contribution in [2.24, 2.45) is 5.41 Å². The topological polar surface area (TPSA) is 59.2 Å². The lowest BCUT2D eigenvalue weighted by molar-refractivity contribution is 0.0467. The lowest BCUT2D eigenvalue weighted by Gasteiger charge is -2.44. The van der Waals surface area contributed by atoms with Crippen LogP contribution in [-0.2, 0) is 0 Å². The number of nitrogen functional groups attached to an aromatic ring is 1. The lowest BCUT2D eigenvalue weighted by Crippen LogP contribution is -2.44. The molecule has 2 fully saturated rings. The van der Waals surface area contributed by atoms with Crippen molar-refractivity contribution >= 4 is 23.3 Å². The molecule has 0 bridgehead atoms. The first-order valence-electron chi connectivity index (χ1n) is 7.81. The lowest BCUT2D eigenvalue weighted by atomic mass is 9.68. The Hall–Kier alpha value is -1.29. The van der Waals surface area contributed by atoms with E-state index < -0.39 is 0 Å². The number of nitrogens with two attached hydrogens (primary N) is 1. The van der Waals surface area contributed by atoms with Gasteiger partial charge < -0.3 is 10.6 Å². The van der Waals surface area contributed by atoms with Gasteiger partial charge in [-0.25, -0.2) is 4.98 Å². The molecule has 2 aliphatic rings. The molecule has 2 heterocycles. The summed E-state index contributed by atoms with van der Waals surface area (Å²) in [5, 5.41) is 0.382. The van der Waals surface area contributed by atoms with Gasteiger partial charge in [-0.3, -0.25) is 4.79 Å². The molecule has 1 saturated carbocycles. The van der Waals surface area contributed by atoms with Crippen LogP contribution in [0.1, 0.15) is 55.4 Å². The SMILES string of the molecule is Nc1ccc(Cl)c(C(=O)N2CCC3(CCCCC3)CC2)n1. The number of rotatable bonds is 1. The third kappa shape index (κ3) is 3.00. The van der Waals surface area contributed by atoms with E-state index in [1.807, 2.05) is 4.90 Å². The summed E-state index contributed by atoms with van der Waals surface area (Å²) in [5.74, 6) is 0.251. The van der Waals surface area contributed by atoms with Crippen LogP contribution in [0.2, 0.25) is 5.02 Å². The van der Waals surface area contributed by atoms with Crippen LogP contribution in [0.4, 0.5) is 5.82 Å². The van der Waals surface area contributed by atoms with Gasteiger partial charge in [0.25, 0.3) is 5.91 Å². The maximum Gasteiger partial charge on any atom is 0.274 e. The van der Waals surface area contributed by atoms with E-state index >= 15 is 0 Å². The Labute approximate surface area is 130 Å². The number of amides is 1. The van der Waals surface area contributed by atoms with Crippen molar-refractivity contribution in [2.45, 2.75) is 44.9 Å². The summed E-state index contributed by atoms with van der Waals surface area (Å²) in [7, 11) is 0. The molecule has 1 spiro atoms. The smallest absolute Gasteiger partial charge is 0.274 e. The van der Waals surface area contributed by atoms with E-state index in [4.69, 9.17) is 17.3 Å². The number of hydrogen-bond acceptors (Lipinski definition) is 3. The highest BCUT2D eigenvalue weighted by molar-refractivity contribution is 6.33. The second kappa shape index (κ2) is 5.84. The molecule has 1 aromatic rings. The first-order valence-corrected chi connectivity index (χ1v) is 8.19.